The van der Waals surface area contributed by atoms with E-state index in [9.17, 15) is 4.79 Å². The maximum atomic E-state index is 12.3. The normalized spacial score (nSPS) is 11.9. The summed E-state index contributed by atoms with van der Waals surface area (Å²) in [5.74, 6) is 1.35. The Labute approximate surface area is 154 Å². The van der Waals surface area contributed by atoms with Crippen LogP contribution >= 0.6 is 11.6 Å². The lowest BCUT2D eigenvalue weighted by Gasteiger charge is -2.23. The zero-order valence-electron chi connectivity index (χ0n) is 15.0. The van der Waals surface area contributed by atoms with Crippen LogP contribution in [0.2, 0.25) is 5.02 Å². The highest BCUT2D eigenvalue weighted by Crippen LogP contribution is 2.26. The Kier molecular flexibility index (Phi) is 6.71. The van der Waals surface area contributed by atoms with Crippen LogP contribution in [-0.2, 0) is 4.79 Å². The highest BCUT2D eigenvalue weighted by molar-refractivity contribution is 6.32. The van der Waals surface area contributed by atoms with Crippen molar-refractivity contribution < 1.29 is 14.3 Å². The molecule has 0 saturated carbocycles. The number of amides is 1. The number of carbonyl (C=O) groups is 1. The van der Waals surface area contributed by atoms with Crippen LogP contribution in [0, 0.1) is 12.8 Å². The lowest BCUT2D eigenvalue weighted by Crippen LogP contribution is -2.35. The predicted molar refractivity (Wildman–Crippen MR) is 100 cm³/mol. The van der Waals surface area contributed by atoms with Crippen LogP contribution in [0.15, 0.2) is 42.5 Å². The summed E-state index contributed by atoms with van der Waals surface area (Å²) >= 11 is 6.09. The molecule has 0 heterocycles. The van der Waals surface area contributed by atoms with E-state index in [0.29, 0.717) is 10.8 Å². The van der Waals surface area contributed by atoms with Gasteiger partial charge in [-0.25, -0.2) is 0 Å². The summed E-state index contributed by atoms with van der Waals surface area (Å²) in [5, 5.41) is 3.52. The molecule has 0 aliphatic heterocycles. The summed E-state index contributed by atoms with van der Waals surface area (Å²) in [6.07, 6.45) is 0. The minimum Gasteiger partial charge on any atom is -0.497 e. The molecule has 0 fully saturated rings. The van der Waals surface area contributed by atoms with E-state index in [-0.39, 0.29) is 24.5 Å². The van der Waals surface area contributed by atoms with Crippen molar-refractivity contribution in [3.05, 3.63) is 58.6 Å². The van der Waals surface area contributed by atoms with Crippen molar-refractivity contribution in [1.82, 2.24) is 5.32 Å². The number of nitrogens with one attached hydrogen (secondary N) is 1. The van der Waals surface area contributed by atoms with Gasteiger partial charge in [0.2, 0.25) is 0 Å². The van der Waals surface area contributed by atoms with Gasteiger partial charge in [0.05, 0.1) is 18.2 Å². The number of rotatable bonds is 7. The molecule has 2 rings (SSSR count). The third-order valence-corrected chi connectivity index (χ3v) is 4.22. The molecule has 1 N–H and O–H groups in total. The van der Waals surface area contributed by atoms with E-state index in [0.717, 1.165) is 16.9 Å². The average molecular weight is 362 g/mol. The first-order chi connectivity index (χ1) is 11.9. The van der Waals surface area contributed by atoms with Crippen LogP contribution in [0.25, 0.3) is 0 Å². The summed E-state index contributed by atoms with van der Waals surface area (Å²) in [6, 6.07) is 13.1. The first-order valence-corrected chi connectivity index (χ1v) is 8.60. The molecule has 2 aromatic rings. The number of benzene rings is 2. The highest BCUT2D eigenvalue weighted by atomic mass is 35.5. The molecular formula is C20H24ClNO3. The summed E-state index contributed by atoms with van der Waals surface area (Å²) in [6.45, 7) is 5.99. The van der Waals surface area contributed by atoms with Gasteiger partial charge in [0.25, 0.3) is 5.91 Å². The fourth-order valence-electron chi connectivity index (χ4n) is 2.53. The minimum absolute atomic E-state index is 0.0808. The zero-order chi connectivity index (χ0) is 18.4. The standard InChI is InChI=1S/C20H24ClNO3/c1-13(2)20(15-6-8-16(24-4)9-7-15)22-19(23)12-25-18-11-14(3)5-10-17(18)21/h5-11,13,20H,12H2,1-4H3,(H,22,23). The topological polar surface area (TPSA) is 47.6 Å². The fraction of sp³-hybridized carbons (Fsp3) is 0.350. The molecule has 0 saturated heterocycles. The molecule has 0 bridgehead atoms. The number of aryl methyl sites for hydroxylation is 1. The van der Waals surface area contributed by atoms with Gasteiger partial charge in [-0.15, -0.1) is 0 Å². The van der Waals surface area contributed by atoms with Gasteiger partial charge in [-0.3, -0.25) is 4.79 Å². The van der Waals surface area contributed by atoms with Crippen LogP contribution < -0.4 is 14.8 Å². The third-order valence-electron chi connectivity index (χ3n) is 3.90. The van der Waals surface area contributed by atoms with E-state index in [4.69, 9.17) is 21.1 Å². The predicted octanol–water partition coefficient (Wildman–Crippen LogP) is 4.55. The molecule has 4 nitrogen and oxygen atoms in total. The molecule has 0 radical (unpaired) electrons. The van der Waals surface area contributed by atoms with Gasteiger partial charge in [0, 0.05) is 0 Å². The largest absolute Gasteiger partial charge is 0.497 e. The van der Waals surface area contributed by atoms with Crippen molar-refractivity contribution in [3.63, 3.8) is 0 Å². The molecule has 25 heavy (non-hydrogen) atoms. The van der Waals surface area contributed by atoms with Gasteiger partial charge in [-0.05, 0) is 48.2 Å². The van der Waals surface area contributed by atoms with Crippen LogP contribution in [0.3, 0.4) is 0 Å². The molecule has 0 aliphatic carbocycles. The number of hydrogen-bond acceptors (Lipinski definition) is 3. The lowest BCUT2D eigenvalue weighted by molar-refractivity contribution is -0.124. The summed E-state index contributed by atoms with van der Waals surface area (Å²) in [4.78, 5) is 12.3. The second-order valence-electron chi connectivity index (χ2n) is 6.28. The van der Waals surface area contributed by atoms with E-state index in [1.807, 2.05) is 43.3 Å². The van der Waals surface area contributed by atoms with E-state index in [1.54, 1.807) is 13.2 Å². The Morgan fingerprint density at radius 2 is 1.84 bits per heavy atom. The number of ether oxygens (including phenoxy) is 2. The van der Waals surface area contributed by atoms with Crippen molar-refractivity contribution in [3.8, 4) is 11.5 Å². The lowest BCUT2D eigenvalue weighted by atomic mass is 9.96. The van der Waals surface area contributed by atoms with Crippen molar-refractivity contribution in [2.45, 2.75) is 26.8 Å². The minimum atomic E-state index is -0.188. The van der Waals surface area contributed by atoms with E-state index < -0.39 is 0 Å². The summed E-state index contributed by atoms with van der Waals surface area (Å²) < 4.78 is 10.7. The molecule has 1 amide bonds. The van der Waals surface area contributed by atoms with Gasteiger partial charge < -0.3 is 14.8 Å². The van der Waals surface area contributed by atoms with Crippen LogP contribution in [0.1, 0.15) is 31.0 Å². The van der Waals surface area contributed by atoms with Crippen molar-refractivity contribution >= 4 is 17.5 Å². The molecule has 2 aromatic carbocycles. The molecule has 1 unspecified atom stereocenters. The molecular weight excluding hydrogens is 338 g/mol. The van der Waals surface area contributed by atoms with E-state index in [1.165, 1.54) is 0 Å². The van der Waals surface area contributed by atoms with Gasteiger partial charge in [-0.1, -0.05) is 43.6 Å². The van der Waals surface area contributed by atoms with Gasteiger partial charge >= 0.3 is 0 Å². The molecule has 1 atom stereocenters. The monoisotopic (exact) mass is 361 g/mol. The molecule has 0 aromatic heterocycles. The first kappa shape index (κ1) is 19.1. The number of methoxy groups -OCH3 is 1. The Bertz CT molecular complexity index is 713. The van der Waals surface area contributed by atoms with Crippen molar-refractivity contribution in [2.24, 2.45) is 5.92 Å². The molecule has 0 spiro atoms. The van der Waals surface area contributed by atoms with Crippen LogP contribution in [0.4, 0.5) is 0 Å². The smallest absolute Gasteiger partial charge is 0.258 e. The fourth-order valence-corrected chi connectivity index (χ4v) is 2.70. The Hall–Kier alpha value is -2.20. The summed E-state index contributed by atoms with van der Waals surface area (Å²) in [5.41, 5.74) is 2.05. The summed E-state index contributed by atoms with van der Waals surface area (Å²) in [7, 11) is 1.63. The van der Waals surface area contributed by atoms with Crippen molar-refractivity contribution in [1.29, 1.82) is 0 Å². The maximum absolute atomic E-state index is 12.3. The highest BCUT2D eigenvalue weighted by Gasteiger charge is 2.19. The molecule has 5 heteroatoms. The Balaban J connectivity index is 2.01. The SMILES string of the molecule is COc1ccc(C(NC(=O)COc2cc(C)ccc2Cl)C(C)C)cc1. The average Bonchev–Trinajstić information content (AvgIpc) is 2.60. The van der Waals surface area contributed by atoms with Crippen LogP contribution in [0.5, 0.6) is 11.5 Å². The van der Waals surface area contributed by atoms with E-state index in [2.05, 4.69) is 19.2 Å². The zero-order valence-corrected chi connectivity index (χ0v) is 15.8. The van der Waals surface area contributed by atoms with E-state index >= 15 is 0 Å². The second-order valence-corrected chi connectivity index (χ2v) is 6.69. The molecule has 134 valence electrons. The number of carbonyl (C=O) groups excluding carboxylic acids is 1. The van der Waals surface area contributed by atoms with Gasteiger partial charge in [0.1, 0.15) is 11.5 Å². The molecule has 0 aliphatic rings. The van der Waals surface area contributed by atoms with Gasteiger partial charge in [-0.2, -0.15) is 0 Å². The third kappa shape index (κ3) is 5.40. The number of hydrogen-bond donors (Lipinski definition) is 1. The second kappa shape index (κ2) is 8.77. The van der Waals surface area contributed by atoms with Crippen molar-refractivity contribution in [2.75, 3.05) is 13.7 Å². The Morgan fingerprint density at radius 1 is 1.16 bits per heavy atom. The Morgan fingerprint density at radius 3 is 2.44 bits per heavy atom. The van der Waals surface area contributed by atoms with Crippen LogP contribution in [-0.4, -0.2) is 19.6 Å². The number of halogens is 1. The maximum Gasteiger partial charge on any atom is 0.258 e. The first-order valence-electron chi connectivity index (χ1n) is 8.23. The van der Waals surface area contributed by atoms with Gasteiger partial charge in [0.15, 0.2) is 6.61 Å². The quantitative estimate of drug-likeness (QED) is 0.787.